The number of hydrogen-bond acceptors (Lipinski definition) is 6. The first-order valence-corrected chi connectivity index (χ1v) is 6.50. The predicted molar refractivity (Wildman–Crippen MR) is 67.4 cm³/mol. The van der Waals surface area contributed by atoms with Crippen LogP contribution in [0.1, 0.15) is 25.5 Å². The summed E-state index contributed by atoms with van der Waals surface area (Å²) < 4.78 is 11.7. The second-order valence-corrected chi connectivity index (χ2v) is 4.98. The third-order valence-electron chi connectivity index (χ3n) is 3.61. The van der Waals surface area contributed by atoms with Gasteiger partial charge in [-0.25, -0.2) is 9.97 Å². The molecule has 3 rings (SSSR count). The number of piperidine rings is 1. The van der Waals surface area contributed by atoms with Crippen molar-refractivity contribution in [1.29, 1.82) is 5.26 Å². The first-order chi connectivity index (χ1) is 9.22. The van der Waals surface area contributed by atoms with Gasteiger partial charge in [0.2, 0.25) is 0 Å². The molecule has 0 unspecified atom stereocenters. The molecule has 0 aliphatic carbocycles. The Labute approximate surface area is 112 Å². The number of anilines is 1. The summed E-state index contributed by atoms with van der Waals surface area (Å²) in [6.07, 6.45) is 4.90. The van der Waals surface area contributed by atoms with Crippen LogP contribution in [0.2, 0.25) is 0 Å². The van der Waals surface area contributed by atoms with Crippen LogP contribution < -0.4 is 4.90 Å². The quantitative estimate of drug-likeness (QED) is 0.752. The number of hydrogen-bond donors (Lipinski definition) is 0. The molecule has 2 fully saturated rings. The lowest BCUT2D eigenvalue weighted by molar-refractivity contribution is -0.178. The number of ether oxygens (including phenoxy) is 2. The molecular weight excluding hydrogens is 244 g/mol. The zero-order valence-corrected chi connectivity index (χ0v) is 10.9. The molecule has 0 amide bonds. The first kappa shape index (κ1) is 12.3. The number of nitriles is 1. The Balaban J connectivity index is 1.72. The van der Waals surface area contributed by atoms with Gasteiger partial charge >= 0.3 is 0 Å². The summed E-state index contributed by atoms with van der Waals surface area (Å²) >= 11 is 0. The van der Waals surface area contributed by atoms with E-state index in [0.29, 0.717) is 18.1 Å². The van der Waals surface area contributed by atoms with E-state index in [9.17, 15) is 0 Å². The van der Waals surface area contributed by atoms with E-state index < -0.39 is 5.79 Å². The van der Waals surface area contributed by atoms with Gasteiger partial charge in [-0.15, -0.1) is 0 Å². The van der Waals surface area contributed by atoms with Gasteiger partial charge in [0, 0.05) is 38.3 Å². The number of rotatable bonds is 1. The average Bonchev–Trinajstić information content (AvgIpc) is 2.81. The highest BCUT2D eigenvalue weighted by molar-refractivity contribution is 5.49. The smallest absolute Gasteiger partial charge is 0.183 e. The van der Waals surface area contributed by atoms with Crippen molar-refractivity contribution in [3.63, 3.8) is 0 Å². The molecular formula is C13H16N4O2. The summed E-state index contributed by atoms with van der Waals surface area (Å²) in [5.41, 5.74) is 0.375. The minimum atomic E-state index is -0.426. The summed E-state index contributed by atoms with van der Waals surface area (Å²) in [6, 6.07) is 2.08. The van der Waals surface area contributed by atoms with Gasteiger partial charge in [-0.3, -0.25) is 0 Å². The van der Waals surface area contributed by atoms with Crippen molar-refractivity contribution in [2.45, 2.75) is 31.7 Å². The predicted octanol–water partition coefficient (Wildman–Crippen LogP) is 1.08. The Morgan fingerprint density at radius 2 is 2.11 bits per heavy atom. The topological polar surface area (TPSA) is 71.3 Å². The lowest BCUT2D eigenvalue weighted by Gasteiger charge is -2.38. The molecule has 2 saturated heterocycles. The summed E-state index contributed by atoms with van der Waals surface area (Å²) in [7, 11) is 0. The molecule has 2 aliphatic rings. The molecule has 0 saturated carbocycles. The molecule has 0 radical (unpaired) electrons. The number of aromatic nitrogens is 2. The van der Waals surface area contributed by atoms with Gasteiger partial charge in [0.05, 0.1) is 12.7 Å². The van der Waals surface area contributed by atoms with Crippen LogP contribution in [-0.2, 0) is 9.47 Å². The normalized spacial score (nSPS) is 25.5. The summed E-state index contributed by atoms with van der Waals surface area (Å²) in [5.74, 6) is 0.233. The van der Waals surface area contributed by atoms with Gasteiger partial charge in [-0.1, -0.05) is 0 Å². The molecule has 0 N–H and O–H groups in total. The van der Waals surface area contributed by atoms with E-state index in [1.807, 2.05) is 6.92 Å². The van der Waals surface area contributed by atoms with Crippen LogP contribution in [0.3, 0.4) is 0 Å². The third-order valence-corrected chi connectivity index (χ3v) is 3.61. The Morgan fingerprint density at radius 1 is 1.37 bits per heavy atom. The van der Waals surface area contributed by atoms with Crippen molar-refractivity contribution in [2.24, 2.45) is 0 Å². The van der Waals surface area contributed by atoms with Crippen molar-refractivity contribution < 1.29 is 9.47 Å². The van der Waals surface area contributed by atoms with E-state index >= 15 is 0 Å². The fraction of sp³-hybridized carbons (Fsp3) is 0.615. The Hall–Kier alpha value is -1.71. The maximum atomic E-state index is 9.06. The third kappa shape index (κ3) is 2.27. The SMILES string of the molecule is C[C@H]1COC2(CCN(c3nccnc3C#N)CC2)O1. The summed E-state index contributed by atoms with van der Waals surface area (Å²) in [5, 5.41) is 9.06. The fourth-order valence-corrected chi connectivity index (χ4v) is 2.67. The van der Waals surface area contributed by atoms with Crippen LogP contribution in [0, 0.1) is 11.3 Å². The van der Waals surface area contributed by atoms with Crippen molar-refractivity contribution >= 4 is 5.82 Å². The van der Waals surface area contributed by atoms with Crippen molar-refractivity contribution in [2.75, 3.05) is 24.6 Å². The largest absolute Gasteiger partial charge is 0.354 e. The van der Waals surface area contributed by atoms with E-state index in [1.54, 1.807) is 12.4 Å². The molecule has 3 heterocycles. The molecule has 100 valence electrons. The Kier molecular flexibility index (Phi) is 3.09. The summed E-state index contributed by atoms with van der Waals surface area (Å²) in [6.45, 7) is 4.21. The highest BCUT2D eigenvalue weighted by atomic mass is 16.7. The lowest BCUT2D eigenvalue weighted by Crippen LogP contribution is -2.46. The van der Waals surface area contributed by atoms with Crippen LogP contribution >= 0.6 is 0 Å². The van der Waals surface area contributed by atoms with E-state index in [0.717, 1.165) is 25.9 Å². The molecule has 1 spiro atoms. The summed E-state index contributed by atoms with van der Waals surface area (Å²) in [4.78, 5) is 10.4. The van der Waals surface area contributed by atoms with E-state index in [4.69, 9.17) is 14.7 Å². The highest BCUT2D eigenvalue weighted by Gasteiger charge is 2.43. The number of nitrogens with zero attached hydrogens (tertiary/aromatic N) is 4. The van der Waals surface area contributed by atoms with Gasteiger partial charge in [-0.05, 0) is 6.92 Å². The minimum absolute atomic E-state index is 0.165. The highest BCUT2D eigenvalue weighted by Crippen LogP contribution is 2.35. The molecule has 0 bridgehead atoms. The molecule has 0 aromatic carbocycles. The van der Waals surface area contributed by atoms with Crippen LogP contribution in [0.15, 0.2) is 12.4 Å². The van der Waals surface area contributed by atoms with Crippen LogP contribution in [0.25, 0.3) is 0 Å². The lowest BCUT2D eigenvalue weighted by atomic mass is 10.0. The Morgan fingerprint density at radius 3 is 2.74 bits per heavy atom. The monoisotopic (exact) mass is 260 g/mol. The van der Waals surface area contributed by atoms with E-state index in [2.05, 4.69) is 20.9 Å². The molecule has 1 atom stereocenters. The van der Waals surface area contributed by atoms with Crippen LogP contribution in [-0.4, -0.2) is 41.6 Å². The van der Waals surface area contributed by atoms with Gasteiger partial charge in [0.1, 0.15) is 6.07 Å². The van der Waals surface area contributed by atoms with Gasteiger partial charge in [0.15, 0.2) is 17.3 Å². The molecule has 1 aromatic heterocycles. The van der Waals surface area contributed by atoms with Crippen LogP contribution in [0.5, 0.6) is 0 Å². The minimum Gasteiger partial charge on any atom is -0.354 e. The van der Waals surface area contributed by atoms with Crippen molar-refractivity contribution in [3.05, 3.63) is 18.1 Å². The fourth-order valence-electron chi connectivity index (χ4n) is 2.67. The molecule has 2 aliphatic heterocycles. The second kappa shape index (κ2) is 4.76. The molecule has 19 heavy (non-hydrogen) atoms. The molecule has 6 nitrogen and oxygen atoms in total. The maximum absolute atomic E-state index is 9.06. The van der Waals surface area contributed by atoms with Gasteiger partial charge < -0.3 is 14.4 Å². The van der Waals surface area contributed by atoms with Crippen LogP contribution in [0.4, 0.5) is 5.82 Å². The zero-order valence-electron chi connectivity index (χ0n) is 10.9. The average molecular weight is 260 g/mol. The Bertz CT molecular complexity index is 506. The standard InChI is InChI=1S/C13H16N4O2/c1-10-9-18-13(19-10)2-6-17(7-3-13)12-11(8-14)15-4-5-16-12/h4-5,10H,2-3,6-7,9H2,1H3/t10-/m0/s1. The molecule has 1 aromatic rings. The second-order valence-electron chi connectivity index (χ2n) is 4.98. The van der Waals surface area contributed by atoms with Gasteiger partial charge in [0.25, 0.3) is 0 Å². The van der Waals surface area contributed by atoms with Crippen molar-refractivity contribution in [1.82, 2.24) is 9.97 Å². The zero-order chi connectivity index (χ0) is 13.3. The van der Waals surface area contributed by atoms with E-state index in [1.165, 1.54) is 0 Å². The first-order valence-electron chi connectivity index (χ1n) is 6.50. The van der Waals surface area contributed by atoms with Gasteiger partial charge in [-0.2, -0.15) is 5.26 Å². The van der Waals surface area contributed by atoms with E-state index in [-0.39, 0.29) is 6.10 Å². The maximum Gasteiger partial charge on any atom is 0.183 e. The molecule has 6 heteroatoms. The van der Waals surface area contributed by atoms with Crippen molar-refractivity contribution in [3.8, 4) is 6.07 Å².